The van der Waals surface area contributed by atoms with Gasteiger partial charge in [-0.3, -0.25) is 0 Å². The van der Waals surface area contributed by atoms with Gasteiger partial charge in [0, 0.05) is 5.25 Å². The van der Waals surface area contributed by atoms with Crippen molar-refractivity contribution in [3.63, 3.8) is 0 Å². The number of rotatable bonds is 2. The van der Waals surface area contributed by atoms with Crippen molar-refractivity contribution in [1.29, 1.82) is 0 Å². The fourth-order valence-electron chi connectivity index (χ4n) is 2.42. The summed E-state index contributed by atoms with van der Waals surface area (Å²) in [5.74, 6) is 0. The van der Waals surface area contributed by atoms with Gasteiger partial charge in [0.2, 0.25) is 0 Å². The fraction of sp³-hybridized carbons (Fsp3) is 0.500. The van der Waals surface area contributed by atoms with E-state index in [4.69, 9.17) is 0 Å². The smallest absolute Gasteiger partial charge is 0.151 e. The summed E-state index contributed by atoms with van der Waals surface area (Å²) in [5.41, 5.74) is 1.08. The fourth-order valence-corrected chi connectivity index (χ4v) is 4.94. The lowest BCUT2D eigenvalue weighted by Gasteiger charge is -2.17. The molecule has 2 atom stereocenters. The zero-order valence-corrected chi connectivity index (χ0v) is 11.8. The van der Waals surface area contributed by atoms with Gasteiger partial charge in [-0.25, -0.2) is 4.98 Å². The van der Waals surface area contributed by atoms with Gasteiger partial charge in [-0.15, -0.1) is 11.3 Å². The number of benzene rings is 1. The van der Waals surface area contributed by atoms with E-state index in [-0.39, 0.29) is 6.10 Å². The van der Waals surface area contributed by atoms with Crippen molar-refractivity contribution in [3.05, 3.63) is 24.3 Å². The van der Waals surface area contributed by atoms with Crippen molar-refractivity contribution in [1.82, 2.24) is 4.98 Å². The van der Waals surface area contributed by atoms with Crippen molar-refractivity contribution >= 4 is 33.3 Å². The maximum atomic E-state index is 10.1. The van der Waals surface area contributed by atoms with Crippen LogP contribution in [0.15, 0.2) is 28.6 Å². The topological polar surface area (TPSA) is 33.1 Å². The van der Waals surface area contributed by atoms with E-state index in [0.717, 1.165) is 29.1 Å². The number of aliphatic hydroxyl groups excluding tert-OH is 1. The predicted octanol–water partition coefficient (Wildman–Crippen LogP) is 4.08. The number of aromatic nitrogens is 1. The van der Waals surface area contributed by atoms with E-state index >= 15 is 0 Å². The summed E-state index contributed by atoms with van der Waals surface area (Å²) in [6, 6.07) is 8.24. The van der Waals surface area contributed by atoms with Gasteiger partial charge in [-0.05, 0) is 25.0 Å². The third-order valence-corrected chi connectivity index (χ3v) is 5.96. The predicted molar refractivity (Wildman–Crippen MR) is 78.4 cm³/mol. The Bertz CT molecular complexity index is 492. The first-order valence-electron chi connectivity index (χ1n) is 6.53. The van der Waals surface area contributed by atoms with Gasteiger partial charge >= 0.3 is 0 Å². The maximum Gasteiger partial charge on any atom is 0.151 e. The van der Waals surface area contributed by atoms with Gasteiger partial charge in [0.05, 0.1) is 16.3 Å². The van der Waals surface area contributed by atoms with Crippen LogP contribution in [0.2, 0.25) is 0 Å². The second-order valence-electron chi connectivity index (χ2n) is 4.81. The molecule has 96 valence electrons. The zero-order valence-electron chi connectivity index (χ0n) is 10.2. The molecule has 0 radical (unpaired) electrons. The molecule has 1 fully saturated rings. The van der Waals surface area contributed by atoms with Crippen LogP contribution < -0.4 is 0 Å². The number of hydrogen-bond acceptors (Lipinski definition) is 4. The Hall–Kier alpha value is -0.580. The summed E-state index contributed by atoms with van der Waals surface area (Å²) in [7, 11) is 0. The number of aliphatic hydroxyl groups is 1. The van der Waals surface area contributed by atoms with Gasteiger partial charge in [-0.2, -0.15) is 0 Å². The van der Waals surface area contributed by atoms with Crippen LogP contribution in [0.3, 0.4) is 0 Å². The monoisotopic (exact) mass is 279 g/mol. The second kappa shape index (κ2) is 5.59. The number of hydrogen-bond donors (Lipinski definition) is 1. The highest BCUT2D eigenvalue weighted by atomic mass is 32.2. The molecule has 0 amide bonds. The summed E-state index contributed by atoms with van der Waals surface area (Å²) in [6.45, 7) is 0. The van der Waals surface area contributed by atoms with Crippen LogP contribution in [0, 0.1) is 0 Å². The average molecular weight is 279 g/mol. The molecule has 1 aromatic carbocycles. The Balaban J connectivity index is 1.78. The van der Waals surface area contributed by atoms with E-state index < -0.39 is 0 Å². The second-order valence-corrected chi connectivity index (χ2v) is 7.33. The molecule has 1 aromatic heterocycles. The van der Waals surface area contributed by atoms with Gasteiger partial charge in [-0.1, -0.05) is 43.2 Å². The standard InChI is InChI=1S/C14H17NOS2/c16-11-7-2-1-3-9-13(11)18-14-15-10-6-4-5-8-12(10)17-14/h4-6,8,11,13,16H,1-3,7,9H2. The number of nitrogens with zero attached hydrogens (tertiary/aromatic N) is 1. The molecule has 4 heteroatoms. The average Bonchev–Trinajstić information content (AvgIpc) is 2.68. The molecule has 0 saturated heterocycles. The highest BCUT2D eigenvalue weighted by Gasteiger charge is 2.23. The molecule has 3 rings (SSSR count). The van der Waals surface area contributed by atoms with E-state index in [0.29, 0.717) is 5.25 Å². The summed E-state index contributed by atoms with van der Waals surface area (Å²) < 4.78 is 2.34. The summed E-state index contributed by atoms with van der Waals surface area (Å²) in [6.07, 6.45) is 5.56. The molecule has 1 saturated carbocycles. The minimum atomic E-state index is -0.162. The molecule has 0 aliphatic heterocycles. The van der Waals surface area contributed by atoms with E-state index in [1.807, 2.05) is 6.07 Å². The van der Waals surface area contributed by atoms with Crippen molar-refractivity contribution < 1.29 is 5.11 Å². The third-order valence-electron chi connectivity index (χ3n) is 3.44. The number of thiazole rings is 1. The van der Waals surface area contributed by atoms with Crippen LogP contribution in [0.1, 0.15) is 32.1 Å². The van der Waals surface area contributed by atoms with E-state index in [1.54, 1.807) is 23.1 Å². The van der Waals surface area contributed by atoms with Crippen LogP contribution in [0.4, 0.5) is 0 Å². The van der Waals surface area contributed by atoms with Crippen LogP contribution in [0.25, 0.3) is 10.2 Å². The van der Waals surface area contributed by atoms with Gasteiger partial charge in [0.25, 0.3) is 0 Å². The third kappa shape index (κ3) is 2.71. The zero-order chi connectivity index (χ0) is 12.4. The van der Waals surface area contributed by atoms with Crippen LogP contribution in [-0.4, -0.2) is 21.4 Å². The first-order chi connectivity index (χ1) is 8.83. The first-order valence-corrected chi connectivity index (χ1v) is 8.23. The molecule has 0 spiro atoms. The van der Waals surface area contributed by atoms with Crippen molar-refractivity contribution in [2.24, 2.45) is 0 Å². The highest BCUT2D eigenvalue weighted by molar-refractivity contribution is 8.01. The van der Waals surface area contributed by atoms with Crippen LogP contribution in [-0.2, 0) is 0 Å². The van der Waals surface area contributed by atoms with Gasteiger partial charge < -0.3 is 5.11 Å². The number of thioether (sulfide) groups is 1. The first kappa shape index (κ1) is 12.5. The summed E-state index contributed by atoms with van der Waals surface area (Å²) in [4.78, 5) is 4.64. The number of para-hydroxylation sites is 1. The molecule has 1 N–H and O–H groups in total. The molecular weight excluding hydrogens is 262 g/mol. The normalized spacial score (nSPS) is 25.2. The Morgan fingerprint density at radius 1 is 1.17 bits per heavy atom. The van der Waals surface area contributed by atoms with E-state index in [2.05, 4.69) is 23.2 Å². The Labute approximate surface area is 115 Å². The van der Waals surface area contributed by atoms with Crippen molar-refractivity contribution in [2.45, 2.75) is 47.8 Å². The lowest BCUT2D eigenvalue weighted by atomic mass is 10.1. The highest BCUT2D eigenvalue weighted by Crippen LogP contribution is 2.37. The number of fused-ring (bicyclic) bond motifs is 1. The van der Waals surface area contributed by atoms with Crippen LogP contribution in [0.5, 0.6) is 0 Å². The van der Waals surface area contributed by atoms with Crippen LogP contribution >= 0.6 is 23.1 Å². The van der Waals surface area contributed by atoms with Crippen molar-refractivity contribution in [2.75, 3.05) is 0 Å². The lowest BCUT2D eigenvalue weighted by Crippen LogP contribution is -2.20. The van der Waals surface area contributed by atoms with E-state index in [1.165, 1.54) is 17.5 Å². The molecule has 2 nitrogen and oxygen atoms in total. The molecule has 0 bridgehead atoms. The minimum absolute atomic E-state index is 0.162. The molecule has 1 heterocycles. The largest absolute Gasteiger partial charge is 0.392 e. The van der Waals surface area contributed by atoms with Crippen molar-refractivity contribution in [3.8, 4) is 0 Å². The summed E-state index contributed by atoms with van der Waals surface area (Å²) >= 11 is 3.51. The Kier molecular flexibility index (Phi) is 3.87. The molecular formula is C14H17NOS2. The molecule has 2 unspecified atom stereocenters. The SMILES string of the molecule is OC1CCCCCC1Sc1nc2ccccc2s1. The Morgan fingerprint density at radius 2 is 2.00 bits per heavy atom. The van der Waals surface area contributed by atoms with Gasteiger partial charge in [0.1, 0.15) is 0 Å². The van der Waals surface area contributed by atoms with E-state index in [9.17, 15) is 5.11 Å². The van der Waals surface area contributed by atoms with Gasteiger partial charge in [0.15, 0.2) is 4.34 Å². The molecule has 2 aromatic rings. The quantitative estimate of drug-likeness (QED) is 0.841. The molecule has 18 heavy (non-hydrogen) atoms. The maximum absolute atomic E-state index is 10.1. The Morgan fingerprint density at radius 3 is 2.89 bits per heavy atom. The molecule has 1 aliphatic carbocycles. The summed E-state index contributed by atoms with van der Waals surface area (Å²) in [5, 5.41) is 10.5. The molecule has 1 aliphatic rings. The lowest BCUT2D eigenvalue weighted by molar-refractivity contribution is 0.163. The minimum Gasteiger partial charge on any atom is -0.392 e.